The minimum Gasteiger partial charge on any atom is -0.350 e. The van der Waals surface area contributed by atoms with Crippen molar-refractivity contribution >= 4 is 34.4 Å². The smallest absolute Gasteiger partial charge is 0.225 e. The zero-order chi connectivity index (χ0) is 22.8. The molecule has 1 aliphatic heterocycles. The molecule has 1 saturated heterocycles. The molecule has 2 fully saturated rings. The molecule has 6 heteroatoms. The fourth-order valence-corrected chi connectivity index (χ4v) is 6.10. The van der Waals surface area contributed by atoms with Gasteiger partial charge in [0.2, 0.25) is 5.91 Å². The zero-order valence-corrected chi connectivity index (χ0v) is 19.9. The Bertz CT molecular complexity index is 1200. The first-order valence-corrected chi connectivity index (χ1v) is 12.7. The summed E-state index contributed by atoms with van der Waals surface area (Å²) in [7, 11) is 2.11. The maximum absolute atomic E-state index is 12.8. The lowest BCUT2D eigenvalue weighted by molar-refractivity contribution is -0.136. The number of rotatable bonds is 5. The van der Waals surface area contributed by atoms with Crippen LogP contribution in [0.2, 0.25) is 0 Å². The maximum Gasteiger partial charge on any atom is 0.225 e. The van der Waals surface area contributed by atoms with Crippen LogP contribution in [0, 0.1) is 17.2 Å². The highest BCUT2D eigenvalue weighted by Gasteiger charge is 2.31. The van der Waals surface area contributed by atoms with Crippen LogP contribution in [0.25, 0.3) is 10.9 Å². The molecular weight excluding hydrogens is 428 g/mol. The van der Waals surface area contributed by atoms with E-state index in [2.05, 4.69) is 51.7 Å². The van der Waals surface area contributed by atoms with Crippen molar-refractivity contribution in [1.82, 2.24) is 9.47 Å². The Morgan fingerprint density at radius 2 is 1.88 bits per heavy atom. The number of piperidine rings is 1. The van der Waals surface area contributed by atoms with Gasteiger partial charge in [-0.05, 0) is 85.5 Å². The van der Waals surface area contributed by atoms with Gasteiger partial charge in [0, 0.05) is 53.7 Å². The molecule has 170 valence electrons. The largest absolute Gasteiger partial charge is 0.350 e. The van der Waals surface area contributed by atoms with Gasteiger partial charge in [0.1, 0.15) is 0 Å². The van der Waals surface area contributed by atoms with Crippen LogP contribution < -0.4 is 4.72 Å². The molecule has 0 atom stereocenters. The van der Waals surface area contributed by atoms with E-state index in [1.807, 2.05) is 24.3 Å². The van der Waals surface area contributed by atoms with Gasteiger partial charge in [-0.15, -0.1) is 0 Å². The van der Waals surface area contributed by atoms with Crippen LogP contribution in [0.1, 0.15) is 55.6 Å². The molecule has 5 nitrogen and oxygen atoms in total. The van der Waals surface area contributed by atoms with Gasteiger partial charge in [0.15, 0.2) is 0 Å². The number of likely N-dealkylation sites (tertiary alicyclic amines) is 1. The molecule has 2 heterocycles. The number of carbonyl (C=O) groups excluding carboxylic acids is 1. The van der Waals surface area contributed by atoms with Gasteiger partial charge < -0.3 is 14.2 Å². The van der Waals surface area contributed by atoms with Gasteiger partial charge in [-0.1, -0.05) is 18.9 Å². The van der Waals surface area contributed by atoms with Crippen molar-refractivity contribution < 1.29 is 4.79 Å². The number of amides is 1. The highest BCUT2D eigenvalue weighted by Crippen LogP contribution is 2.37. The molecule has 0 radical (unpaired) electrons. The first-order chi connectivity index (χ1) is 16.1. The summed E-state index contributed by atoms with van der Waals surface area (Å²) in [4.78, 5) is 16.0. The van der Waals surface area contributed by atoms with E-state index in [1.165, 1.54) is 41.3 Å². The highest BCUT2D eigenvalue weighted by molar-refractivity contribution is 8.00. The molecule has 0 unspecified atom stereocenters. The van der Waals surface area contributed by atoms with Crippen molar-refractivity contribution in [1.29, 1.82) is 5.26 Å². The third kappa shape index (κ3) is 4.60. The Morgan fingerprint density at radius 1 is 1.09 bits per heavy atom. The number of benzene rings is 2. The van der Waals surface area contributed by atoms with Gasteiger partial charge in [-0.2, -0.15) is 5.26 Å². The maximum atomic E-state index is 12.8. The average Bonchev–Trinajstić information content (AvgIpc) is 3.51. The number of nitriles is 1. The monoisotopic (exact) mass is 458 g/mol. The summed E-state index contributed by atoms with van der Waals surface area (Å²) in [5.74, 6) is 1.16. The average molecular weight is 459 g/mol. The van der Waals surface area contributed by atoms with Crippen LogP contribution in [0.4, 0.5) is 5.69 Å². The van der Waals surface area contributed by atoms with Gasteiger partial charge in [0.05, 0.1) is 11.6 Å². The number of nitrogens with one attached hydrogen (secondary N) is 1. The Morgan fingerprint density at radius 3 is 2.64 bits per heavy atom. The predicted molar refractivity (Wildman–Crippen MR) is 134 cm³/mol. The first kappa shape index (κ1) is 21.9. The minimum absolute atomic E-state index is 0.277. The Labute approximate surface area is 199 Å². The molecule has 1 saturated carbocycles. The predicted octanol–water partition coefficient (Wildman–Crippen LogP) is 6.07. The van der Waals surface area contributed by atoms with Crippen LogP contribution in [0.3, 0.4) is 0 Å². The molecule has 1 aliphatic carbocycles. The molecule has 1 aromatic heterocycles. The summed E-state index contributed by atoms with van der Waals surface area (Å²) in [6.45, 7) is 1.75. The summed E-state index contributed by atoms with van der Waals surface area (Å²) in [5, 5.41) is 10.4. The molecule has 5 rings (SSSR count). The highest BCUT2D eigenvalue weighted by atomic mass is 32.2. The molecule has 0 bridgehead atoms. The standard InChI is InChI=1S/C27H30N4OS/c1-30-18-25(20-11-13-31(14-12-20)27(32)21-6-2-3-7-21)24-16-22(9-10-26(24)30)29-33-23-8-4-5-19(15-23)17-28/h4-5,8-10,15-16,18,20-21,29H,2-3,6-7,11-14H2,1H3. The van der Waals surface area contributed by atoms with E-state index in [1.54, 1.807) is 0 Å². The third-order valence-electron chi connectivity index (χ3n) is 7.22. The van der Waals surface area contributed by atoms with Crippen molar-refractivity contribution in [3.8, 4) is 6.07 Å². The molecule has 2 aliphatic rings. The second-order valence-electron chi connectivity index (χ2n) is 9.35. The number of carbonyl (C=O) groups is 1. The lowest BCUT2D eigenvalue weighted by Crippen LogP contribution is -2.40. The molecule has 0 spiro atoms. The second kappa shape index (κ2) is 9.52. The lowest BCUT2D eigenvalue weighted by atomic mass is 9.88. The van der Waals surface area contributed by atoms with E-state index in [4.69, 9.17) is 5.26 Å². The fraction of sp³-hybridized carbons (Fsp3) is 0.407. The molecule has 1 amide bonds. The number of hydrogen-bond donors (Lipinski definition) is 1. The lowest BCUT2D eigenvalue weighted by Gasteiger charge is -2.33. The van der Waals surface area contributed by atoms with Crippen molar-refractivity contribution in [3.63, 3.8) is 0 Å². The van der Waals surface area contributed by atoms with E-state index >= 15 is 0 Å². The topological polar surface area (TPSA) is 61.1 Å². The molecule has 2 aromatic carbocycles. The number of fused-ring (bicyclic) bond motifs is 1. The summed E-state index contributed by atoms with van der Waals surface area (Å²) in [5.41, 5.74) is 4.34. The number of hydrogen-bond acceptors (Lipinski definition) is 4. The van der Waals surface area contributed by atoms with E-state index in [0.29, 0.717) is 17.4 Å². The zero-order valence-electron chi connectivity index (χ0n) is 19.1. The molecule has 3 aromatic rings. The van der Waals surface area contributed by atoms with Crippen LogP contribution in [-0.2, 0) is 11.8 Å². The Kier molecular flexibility index (Phi) is 6.32. The normalized spacial score (nSPS) is 17.4. The van der Waals surface area contributed by atoms with Crippen molar-refractivity contribution in [2.75, 3.05) is 17.8 Å². The molecule has 1 N–H and O–H groups in total. The van der Waals surface area contributed by atoms with E-state index in [9.17, 15) is 4.79 Å². The number of aryl methyl sites for hydroxylation is 1. The summed E-state index contributed by atoms with van der Waals surface area (Å²) in [6.07, 6.45) is 8.92. The number of nitrogens with zero attached hydrogens (tertiary/aromatic N) is 3. The Balaban J connectivity index is 1.29. The quantitative estimate of drug-likeness (QED) is 0.472. The minimum atomic E-state index is 0.277. The Hall–Kier alpha value is -2.91. The first-order valence-electron chi connectivity index (χ1n) is 11.9. The third-order valence-corrected chi connectivity index (χ3v) is 8.05. The van der Waals surface area contributed by atoms with Crippen molar-refractivity contribution in [3.05, 3.63) is 59.8 Å². The molecular formula is C27H30N4OS. The van der Waals surface area contributed by atoms with Gasteiger partial charge in [-0.25, -0.2) is 0 Å². The molecule has 33 heavy (non-hydrogen) atoms. The number of anilines is 1. The van der Waals surface area contributed by atoms with Gasteiger partial charge in [0.25, 0.3) is 0 Å². The van der Waals surface area contributed by atoms with Crippen LogP contribution in [-0.4, -0.2) is 28.5 Å². The van der Waals surface area contributed by atoms with Crippen molar-refractivity contribution in [2.45, 2.75) is 49.3 Å². The summed E-state index contributed by atoms with van der Waals surface area (Å²) in [6, 6.07) is 16.3. The second-order valence-corrected chi connectivity index (χ2v) is 10.2. The SMILES string of the molecule is Cn1cc(C2CCN(C(=O)C3CCCC3)CC2)c2cc(NSc3cccc(C#N)c3)ccc21. The van der Waals surface area contributed by atoms with E-state index < -0.39 is 0 Å². The summed E-state index contributed by atoms with van der Waals surface area (Å²) >= 11 is 1.52. The number of aromatic nitrogens is 1. The summed E-state index contributed by atoms with van der Waals surface area (Å²) < 4.78 is 5.66. The van der Waals surface area contributed by atoms with Gasteiger partial charge >= 0.3 is 0 Å². The van der Waals surface area contributed by atoms with E-state index in [0.717, 1.165) is 49.4 Å². The van der Waals surface area contributed by atoms with Crippen molar-refractivity contribution in [2.24, 2.45) is 13.0 Å². The van der Waals surface area contributed by atoms with Crippen LogP contribution >= 0.6 is 11.9 Å². The fourth-order valence-electron chi connectivity index (χ4n) is 5.40. The van der Waals surface area contributed by atoms with E-state index in [-0.39, 0.29) is 5.92 Å². The van der Waals surface area contributed by atoms with Crippen LogP contribution in [0.5, 0.6) is 0 Å². The van der Waals surface area contributed by atoms with Crippen LogP contribution in [0.15, 0.2) is 53.6 Å². The van der Waals surface area contributed by atoms with Gasteiger partial charge in [-0.3, -0.25) is 4.79 Å².